The van der Waals surface area contributed by atoms with Gasteiger partial charge in [0.2, 0.25) is 5.01 Å². The lowest BCUT2D eigenvalue weighted by molar-refractivity contribution is -0.137. The summed E-state index contributed by atoms with van der Waals surface area (Å²) >= 11 is 3.08. The summed E-state index contributed by atoms with van der Waals surface area (Å²) in [4.78, 5) is 11.8. The predicted octanol–water partition coefficient (Wildman–Crippen LogP) is 4.42. The first-order valence-corrected chi connectivity index (χ1v) is 6.45. The monoisotopic (exact) mass is 338 g/mol. The Morgan fingerprint density at radius 2 is 1.63 bits per heavy atom. The molecule has 0 fully saturated rings. The highest BCUT2D eigenvalue weighted by atomic mass is 79.9. The fourth-order valence-corrected chi connectivity index (χ4v) is 2.14. The Morgan fingerprint density at radius 3 is 2.00 bits per heavy atom. The molecule has 0 aliphatic carbocycles. The van der Waals surface area contributed by atoms with Gasteiger partial charge in [0.15, 0.2) is 5.78 Å². The van der Waals surface area contributed by atoms with Crippen LogP contribution in [-0.4, -0.2) is 10.8 Å². The van der Waals surface area contributed by atoms with E-state index in [1.165, 1.54) is 12.1 Å². The van der Waals surface area contributed by atoms with Crippen molar-refractivity contribution in [2.75, 3.05) is 0 Å². The van der Waals surface area contributed by atoms with Gasteiger partial charge in [0, 0.05) is 5.41 Å². The summed E-state index contributed by atoms with van der Waals surface area (Å²) in [6.07, 6.45) is -4.38. The van der Waals surface area contributed by atoms with Gasteiger partial charge in [-0.15, -0.1) is 0 Å². The molecule has 1 aromatic rings. The van der Waals surface area contributed by atoms with E-state index < -0.39 is 22.2 Å². The molecule has 1 unspecified atom stereocenters. The maximum absolute atomic E-state index is 12.4. The van der Waals surface area contributed by atoms with Crippen LogP contribution in [0.2, 0.25) is 0 Å². The fourth-order valence-electron chi connectivity index (χ4n) is 1.24. The highest BCUT2D eigenvalue weighted by molar-refractivity contribution is 9.09. The molecule has 1 aromatic carbocycles. The minimum Gasteiger partial charge on any atom is -0.471 e. The van der Waals surface area contributed by atoms with Gasteiger partial charge in [-0.05, 0) is 40.2 Å². The van der Waals surface area contributed by atoms with Crippen molar-refractivity contribution in [3.63, 3.8) is 0 Å². The second kappa shape index (κ2) is 5.53. The van der Waals surface area contributed by atoms with E-state index in [9.17, 15) is 18.0 Å². The Morgan fingerprint density at radius 1 is 1.16 bits per heavy atom. The van der Waals surface area contributed by atoms with Gasteiger partial charge in [0.05, 0.1) is 5.56 Å². The van der Waals surface area contributed by atoms with Gasteiger partial charge in [0.25, 0.3) is 0 Å². The van der Waals surface area contributed by atoms with Crippen LogP contribution in [0.1, 0.15) is 26.3 Å². The van der Waals surface area contributed by atoms with Crippen molar-refractivity contribution >= 4 is 21.7 Å². The Balaban J connectivity index is 2.77. The van der Waals surface area contributed by atoms with E-state index in [2.05, 4.69) is 15.9 Å². The molecule has 0 radical (unpaired) electrons. The number of halogens is 4. The summed E-state index contributed by atoms with van der Waals surface area (Å²) in [5, 5.41) is -0.885. The van der Waals surface area contributed by atoms with E-state index in [1.807, 2.05) is 0 Å². The van der Waals surface area contributed by atoms with Gasteiger partial charge in [-0.3, -0.25) is 4.79 Å². The van der Waals surface area contributed by atoms with Crippen LogP contribution in [0.5, 0.6) is 5.75 Å². The van der Waals surface area contributed by atoms with Crippen molar-refractivity contribution in [1.29, 1.82) is 0 Å². The van der Waals surface area contributed by atoms with Crippen molar-refractivity contribution < 1.29 is 22.7 Å². The largest absolute Gasteiger partial charge is 0.471 e. The Bertz CT molecular complexity index is 446. The molecule has 0 saturated carbocycles. The molecular weight excluding hydrogens is 325 g/mol. The van der Waals surface area contributed by atoms with Gasteiger partial charge in [-0.2, -0.15) is 13.2 Å². The first-order valence-electron chi connectivity index (χ1n) is 5.54. The molecule has 19 heavy (non-hydrogen) atoms. The van der Waals surface area contributed by atoms with E-state index in [-0.39, 0.29) is 11.5 Å². The maximum Gasteiger partial charge on any atom is 0.416 e. The van der Waals surface area contributed by atoms with Crippen molar-refractivity contribution in [3.8, 4) is 5.75 Å². The first-order chi connectivity index (χ1) is 8.51. The quantitative estimate of drug-likeness (QED) is 0.762. The standard InChI is InChI=1S/C13H14BrF3O2/c1-12(2,3)10(18)11(14)19-9-6-4-8(5-7-9)13(15,16)17/h4-7,11H,1-3H3. The summed E-state index contributed by atoms with van der Waals surface area (Å²) in [6.45, 7) is 5.21. The summed E-state index contributed by atoms with van der Waals surface area (Å²) in [6, 6.07) is 4.20. The van der Waals surface area contributed by atoms with Crippen LogP contribution >= 0.6 is 15.9 Å². The zero-order chi connectivity index (χ0) is 14.8. The minimum absolute atomic E-state index is 0.188. The number of ether oxygens (including phenoxy) is 1. The topological polar surface area (TPSA) is 26.3 Å². The molecule has 0 aromatic heterocycles. The molecule has 0 aliphatic heterocycles. The van der Waals surface area contributed by atoms with Crippen LogP contribution in [0, 0.1) is 5.41 Å². The molecule has 0 bridgehead atoms. The zero-order valence-corrected chi connectivity index (χ0v) is 12.3. The number of rotatable bonds is 3. The summed E-state index contributed by atoms with van der Waals surface area (Å²) in [5.74, 6) is 0.0138. The molecule has 2 nitrogen and oxygen atoms in total. The van der Waals surface area contributed by atoms with Gasteiger partial charge >= 0.3 is 6.18 Å². The minimum atomic E-state index is -4.38. The Labute approximate surface area is 118 Å². The normalized spacial score (nSPS) is 14.1. The summed E-state index contributed by atoms with van der Waals surface area (Å²) in [7, 11) is 0. The SMILES string of the molecule is CC(C)(C)C(=O)C(Br)Oc1ccc(C(F)(F)F)cc1. The van der Waals surface area contributed by atoms with Gasteiger partial charge in [-0.25, -0.2) is 0 Å². The van der Waals surface area contributed by atoms with Crippen molar-refractivity contribution in [2.24, 2.45) is 5.41 Å². The average molecular weight is 339 g/mol. The van der Waals surface area contributed by atoms with Crippen LogP contribution in [-0.2, 0) is 11.0 Å². The van der Waals surface area contributed by atoms with E-state index in [4.69, 9.17) is 4.74 Å². The van der Waals surface area contributed by atoms with Gasteiger partial charge in [-0.1, -0.05) is 20.8 Å². The third kappa shape index (κ3) is 4.53. The number of hydrogen-bond acceptors (Lipinski definition) is 2. The molecule has 0 spiro atoms. The highest BCUT2D eigenvalue weighted by Crippen LogP contribution is 2.31. The number of ketones is 1. The number of alkyl halides is 4. The molecule has 1 rings (SSSR count). The lowest BCUT2D eigenvalue weighted by atomic mass is 9.91. The van der Waals surface area contributed by atoms with Crippen molar-refractivity contribution in [2.45, 2.75) is 32.0 Å². The Hall–Kier alpha value is -1.04. The maximum atomic E-state index is 12.4. The number of Topliss-reactive ketones (excluding diaryl/α,β-unsaturated/α-hetero) is 1. The first kappa shape index (κ1) is 16.0. The molecule has 1 atom stereocenters. The second-order valence-corrected chi connectivity index (χ2v) is 5.90. The number of carbonyl (C=O) groups excluding carboxylic acids is 1. The lowest BCUT2D eigenvalue weighted by Gasteiger charge is -2.21. The number of hydrogen-bond donors (Lipinski definition) is 0. The third-order valence-electron chi connectivity index (χ3n) is 2.37. The van der Waals surface area contributed by atoms with Crippen LogP contribution in [0.4, 0.5) is 13.2 Å². The van der Waals surface area contributed by atoms with E-state index >= 15 is 0 Å². The van der Waals surface area contributed by atoms with E-state index in [1.54, 1.807) is 20.8 Å². The molecular formula is C13H14BrF3O2. The van der Waals surface area contributed by atoms with Gasteiger partial charge in [0.1, 0.15) is 5.75 Å². The fraction of sp³-hybridized carbons (Fsp3) is 0.462. The molecule has 0 amide bonds. The molecule has 0 N–H and O–H groups in total. The highest BCUT2D eigenvalue weighted by Gasteiger charge is 2.31. The zero-order valence-electron chi connectivity index (χ0n) is 10.7. The summed E-state index contributed by atoms with van der Waals surface area (Å²) < 4.78 is 42.4. The second-order valence-electron chi connectivity index (χ2n) is 5.07. The number of benzene rings is 1. The lowest BCUT2D eigenvalue weighted by Crippen LogP contribution is -2.32. The van der Waals surface area contributed by atoms with Crippen LogP contribution < -0.4 is 4.74 Å². The van der Waals surface area contributed by atoms with Gasteiger partial charge < -0.3 is 4.74 Å². The summed E-state index contributed by atoms with van der Waals surface area (Å²) in [5.41, 5.74) is -1.35. The van der Waals surface area contributed by atoms with Crippen LogP contribution in [0.25, 0.3) is 0 Å². The number of carbonyl (C=O) groups is 1. The smallest absolute Gasteiger partial charge is 0.416 e. The van der Waals surface area contributed by atoms with Crippen LogP contribution in [0.15, 0.2) is 24.3 Å². The molecule has 0 aliphatic rings. The third-order valence-corrected chi connectivity index (χ3v) is 2.97. The predicted molar refractivity (Wildman–Crippen MR) is 69.2 cm³/mol. The Kier molecular flexibility index (Phi) is 4.66. The van der Waals surface area contributed by atoms with Crippen LogP contribution in [0.3, 0.4) is 0 Å². The molecule has 6 heteroatoms. The van der Waals surface area contributed by atoms with E-state index in [0.29, 0.717) is 0 Å². The van der Waals surface area contributed by atoms with E-state index in [0.717, 1.165) is 12.1 Å². The molecule has 0 saturated heterocycles. The molecule has 0 heterocycles. The molecule has 106 valence electrons. The van der Waals surface area contributed by atoms with Crippen molar-refractivity contribution in [3.05, 3.63) is 29.8 Å². The average Bonchev–Trinajstić information content (AvgIpc) is 2.26. The van der Waals surface area contributed by atoms with Crippen molar-refractivity contribution in [1.82, 2.24) is 0 Å².